The van der Waals surface area contributed by atoms with Crippen molar-refractivity contribution in [3.05, 3.63) is 52.6 Å². The molecule has 1 aromatic heterocycles. The number of carbonyl (C=O) groups is 1. The Morgan fingerprint density at radius 2 is 2.13 bits per heavy atom. The number of imidazole rings is 1. The number of benzene rings is 1. The fourth-order valence-corrected chi connectivity index (χ4v) is 2.96. The van der Waals surface area contributed by atoms with E-state index in [0.717, 1.165) is 17.8 Å². The highest BCUT2D eigenvalue weighted by atomic mass is 35.5. The van der Waals surface area contributed by atoms with Crippen molar-refractivity contribution >= 4 is 17.5 Å². The second-order valence-corrected chi connectivity index (χ2v) is 6.63. The van der Waals surface area contributed by atoms with E-state index >= 15 is 0 Å². The monoisotopic (exact) mass is 331 g/mol. The van der Waals surface area contributed by atoms with Crippen LogP contribution < -0.4 is 5.32 Å². The Balaban J connectivity index is 1.47. The van der Waals surface area contributed by atoms with Crippen molar-refractivity contribution in [3.63, 3.8) is 0 Å². The summed E-state index contributed by atoms with van der Waals surface area (Å²) < 4.78 is 7.94. The second kappa shape index (κ2) is 5.98. The first-order valence-corrected chi connectivity index (χ1v) is 8.28. The molecule has 2 heterocycles. The van der Waals surface area contributed by atoms with Gasteiger partial charge in [-0.3, -0.25) is 4.79 Å². The predicted molar refractivity (Wildman–Crippen MR) is 86.3 cm³/mol. The van der Waals surface area contributed by atoms with Gasteiger partial charge < -0.3 is 14.6 Å². The summed E-state index contributed by atoms with van der Waals surface area (Å²) in [5.41, 5.74) is 2.41. The summed E-state index contributed by atoms with van der Waals surface area (Å²) in [6.45, 7) is 1.79. The number of nitrogens with zero attached hydrogens (tertiary/aromatic N) is 2. The molecule has 1 amide bonds. The van der Waals surface area contributed by atoms with Crippen molar-refractivity contribution < 1.29 is 9.53 Å². The topological polar surface area (TPSA) is 56.2 Å². The van der Waals surface area contributed by atoms with Gasteiger partial charge in [0.05, 0.1) is 25.2 Å². The first-order valence-electron chi connectivity index (χ1n) is 7.90. The highest BCUT2D eigenvalue weighted by molar-refractivity contribution is 6.30. The third-order valence-electron chi connectivity index (χ3n) is 4.44. The number of carbonyl (C=O) groups excluding carboxylic acids is 1. The van der Waals surface area contributed by atoms with E-state index in [0.29, 0.717) is 29.8 Å². The van der Waals surface area contributed by atoms with E-state index in [9.17, 15) is 4.79 Å². The van der Waals surface area contributed by atoms with Crippen LogP contribution in [0.25, 0.3) is 0 Å². The van der Waals surface area contributed by atoms with Crippen molar-refractivity contribution in [1.29, 1.82) is 0 Å². The molecule has 0 radical (unpaired) electrons. The molecule has 0 saturated heterocycles. The molecule has 1 fully saturated rings. The lowest BCUT2D eigenvalue weighted by Gasteiger charge is -2.25. The van der Waals surface area contributed by atoms with E-state index in [1.165, 1.54) is 12.8 Å². The molecule has 5 nitrogen and oxygen atoms in total. The normalized spacial score (nSPS) is 20.1. The molecule has 1 aliphatic heterocycles. The first kappa shape index (κ1) is 14.7. The summed E-state index contributed by atoms with van der Waals surface area (Å²) in [5.74, 6) is 0.558. The number of halogens is 1. The van der Waals surface area contributed by atoms with Gasteiger partial charge in [-0.25, -0.2) is 4.98 Å². The van der Waals surface area contributed by atoms with Crippen LogP contribution in [0.2, 0.25) is 5.02 Å². The van der Waals surface area contributed by atoms with Crippen LogP contribution >= 0.6 is 11.6 Å². The second-order valence-electron chi connectivity index (χ2n) is 6.20. The molecule has 4 rings (SSSR count). The minimum absolute atomic E-state index is 0.0451. The molecule has 2 aliphatic rings. The molecule has 6 heteroatoms. The minimum atomic E-state index is -0.0980. The Bertz CT molecular complexity index is 722. The Hall–Kier alpha value is -1.85. The Labute approximate surface area is 139 Å². The standard InChI is InChI=1S/C17H18ClN3O2/c18-13-5-3-12(4-6-13)15-8-21-10-20-16(14(21)9-23-15)17(22)19-7-11-1-2-11/h3-6,10-11,15H,1-2,7-9H2,(H,19,22)/t15-/m1/s1. The van der Waals surface area contributed by atoms with Crippen molar-refractivity contribution in [1.82, 2.24) is 14.9 Å². The zero-order chi connectivity index (χ0) is 15.8. The number of nitrogens with one attached hydrogen (secondary N) is 1. The summed E-state index contributed by atoms with van der Waals surface area (Å²) in [4.78, 5) is 16.5. The molecule has 1 N–H and O–H groups in total. The lowest BCUT2D eigenvalue weighted by atomic mass is 10.1. The van der Waals surface area contributed by atoms with Gasteiger partial charge in [-0.1, -0.05) is 23.7 Å². The van der Waals surface area contributed by atoms with Crippen LogP contribution in [0.15, 0.2) is 30.6 Å². The predicted octanol–water partition coefficient (Wildman–Crippen LogP) is 2.95. The lowest BCUT2D eigenvalue weighted by Crippen LogP contribution is -2.28. The average molecular weight is 332 g/mol. The van der Waals surface area contributed by atoms with Crippen LogP contribution in [0.4, 0.5) is 0 Å². The maximum atomic E-state index is 12.2. The maximum absolute atomic E-state index is 12.2. The highest BCUT2D eigenvalue weighted by Crippen LogP contribution is 2.29. The fourth-order valence-electron chi connectivity index (χ4n) is 2.84. The molecule has 0 bridgehead atoms. The summed E-state index contributed by atoms with van der Waals surface area (Å²) in [7, 11) is 0. The molecule has 2 aromatic rings. The van der Waals surface area contributed by atoms with E-state index < -0.39 is 0 Å². The third kappa shape index (κ3) is 3.12. The molecule has 1 aliphatic carbocycles. The summed E-state index contributed by atoms with van der Waals surface area (Å²) in [6, 6.07) is 7.66. The van der Waals surface area contributed by atoms with E-state index in [4.69, 9.17) is 16.3 Å². The van der Waals surface area contributed by atoms with E-state index in [1.807, 2.05) is 28.8 Å². The summed E-state index contributed by atoms with van der Waals surface area (Å²) >= 11 is 5.93. The molecular formula is C17H18ClN3O2. The molecule has 1 saturated carbocycles. The number of ether oxygens (including phenoxy) is 1. The third-order valence-corrected chi connectivity index (χ3v) is 4.69. The largest absolute Gasteiger partial charge is 0.365 e. The lowest BCUT2D eigenvalue weighted by molar-refractivity contribution is 0.00258. The zero-order valence-electron chi connectivity index (χ0n) is 12.7. The van der Waals surface area contributed by atoms with Gasteiger partial charge in [0.25, 0.3) is 5.91 Å². The SMILES string of the molecule is O=C(NCC1CC1)c1ncn2c1CO[C@@H](c1ccc(Cl)cc1)C2. The minimum Gasteiger partial charge on any atom is -0.365 e. The van der Waals surface area contributed by atoms with Crippen LogP contribution in [0.5, 0.6) is 0 Å². The highest BCUT2D eigenvalue weighted by Gasteiger charge is 2.27. The van der Waals surface area contributed by atoms with E-state index in [1.54, 1.807) is 6.33 Å². The van der Waals surface area contributed by atoms with E-state index in [2.05, 4.69) is 10.3 Å². The van der Waals surface area contributed by atoms with Gasteiger partial charge in [-0.15, -0.1) is 0 Å². The van der Waals surface area contributed by atoms with Crippen LogP contribution in [-0.2, 0) is 17.9 Å². The van der Waals surface area contributed by atoms with Gasteiger partial charge in [0, 0.05) is 11.6 Å². The quantitative estimate of drug-likeness (QED) is 0.937. The Morgan fingerprint density at radius 1 is 1.35 bits per heavy atom. The molecular weight excluding hydrogens is 314 g/mol. The molecule has 0 spiro atoms. The summed E-state index contributed by atoms with van der Waals surface area (Å²) in [5, 5.41) is 3.67. The number of amides is 1. The zero-order valence-corrected chi connectivity index (χ0v) is 13.4. The molecule has 1 aromatic carbocycles. The number of hydrogen-bond acceptors (Lipinski definition) is 3. The summed E-state index contributed by atoms with van der Waals surface area (Å²) in [6.07, 6.45) is 4.12. The van der Waals surface area contributed by atoms with Crippen molar-refractivity contribution in [2.45, 2.75) is 32.1 Å². The van der Waals surface area contributed by atoms with Crippen LogP contribution in [0, 0.1) is 5.92 Å². The molecule has 0 unspecified atom stereocenters. The molecule has 1 atom stereocenters. The van der Waals surface area contributed by atoms with Crippen molar-refractivity contribution in [3.8, 4) is 0 Å². The van der Waals surface area contributed by atoms with Gasteiger partial charge in [0.1, 0.15) is 6.10 Å². The van der Waals surface area contributed by atoms with Crippen LogP contribution in [0.3, 0.4) is 0 Å². The Morgan fingerprint density at radius 3 is 2.87 bits per heavy atom. The van der Waals surface area contributed by atoms with Gasteiger partial charge in [0.2, 0.25) is 0 Å². The fraction of sp³-hybridized carbons (Fsp3) is 0.412. The smallest absolute Gasteiger partial charge is 0.271 e. The van der Waals surface area contributed by atoms with E-state index in [-0.39, 0.29) is 12.0 Å². The molecule has 120 valence electrons. The average Bonchev–Trinajstić information content (AvgIpc) is 3.30. The van der Waals surface area contributed by atoms with Crippen LogP contribution in [-0.4, -0.2) is 22.0 Å². The van der Waals surface area contributed by atoms with Crippen LogP contribution in [0.1, 0.15) is 40.7 Å². The number of fused-ring (bicyclic) bond motifs is 1. The van der Waals surface area contributed by atoms with Gasteiger partial charge >= 0.3 is 0 Å². The van der Waals surface area contributed by atoms with Crippen molar-refractivity contribution in [2.75, 3.05) is 6.54 Å². The van der Waals surface area contributed by atoms with Crippen molar-refractivity contribution in [2.24, 2.45) is 5.92 Å². The first-order chi connectivity index (χ1) is 11.2. The van der Waals surface area contributed by atoms with Gasteiger partial charge in [-0.05, 0) is 36.5 Å². The number of hydrogen-bond donors (Lipinski definition) is 1. The number of rotatable bonds is 4. The number of aromatic nitrogens is 2. The van der Waals surface area contributed by atoms with Gasteiger partial charge in [0.15, 0.2) is 5.69 Å². The Kier molecular flexibility index (Phi) is 3.83. The maximum Gasteiger partial charge on any atom is 0.271 e. The molecule has 23 heavy (non-hydrogen) atoms. The van der Waals surface area contributed by atoms with Gasteiger partial charge in [-0.2, -0.15) is 0 Å².